The number of fused-ring (bicyclic) bond motifs is 1. The van der Waals surface area contributed by atoms with Crippen LogP contribution in [0.25, 0.3) is 10.8 Å². The molecule has 0 aliphatic carbocycles. The molecule has 0 bridgehead atoms. The van der Waals surface area contributed by atoms with Crippen LogP contribution in [0.4, 0.5) is 13.2 Å². The van der Waals surface area contributed by atoms with Gasteiger partial charge in [0.2, 0.25) is 0 Å². The van der Waals surface area contributed by atoms with Crippen molar-refractivity contribution >= 4 is 10.8 Å². The van der Waals surface area contributed by atoms with Crippen LogP contribution in [0, 0.1) is 29.3 Å². The summed E-state index contributed by atoms with van der Waals surface area (Å²) >= 11 is 0. The van der Waals surface area contributed by atoms with E-state index in [0.29, 0.717) is 36.2 Å². The van der Waals surface area contributed by atoms with Crippen LogP contribution >= 0.6 is 0 Å². The van der Waals surface area contributed by atoms with E-state index in [1.54, 1.807) is 37.7 Å². The molecule has 0 aliphatic heterocycles. The predicted molar refractivity (Wildman–Crippen MR) is 121 cm³/mol. The first-order chi connectivity index (χ1) is 16.0. The Labute approximate surface area is 190 Å². The molecular weight excluding hydrogens is 425 g/mol. The fourth-order valence-electron chi connectivity index (χ4n) is 3.41. The van der Waals surface area contributed by atoms with E-state index in [1.807, 2.05) is 6.07 Å². The second kappa shape index (κ2) is 10.3. The highest BCUT2D eigenvalue weighted by Crippen LogP contribution is 2.21. The van der Waals surface area contributed by atoms with Crippen molar-refractivity contribution in [3.63, 3.8) is 0 Å². The molecule has 0 unspecified atom stereocenters. The average molecular weight is 446 g/mol. The minimum atomic E-state index is -0.894. The van der Waals surface area contributed by atoms with E-state index in [1.165, 1.54) is 18.2 Å². The fourth-order valence-corrected chi connectivity index (χ4v) is 3.41. The summed E-state index contributed by atoms with van der Waals surface area (Å²) in [6, 6.07) is 12.2. The predicted octanol–water partition coefficient (Wildman–Crippen LogP) is 5.42. The number of hydrogen-bond acceptors (Lipinski definition) is 3. The van der Waals surface area contributed by atoms with Crippen LogP contribution in [0.1, 0.15) is 28.1 Å². The van der Waals surface area contributed by atoms with Crippen LogP contribution < -0.4 is 0 Å². The summed E-state index contributed by atoms with van der Waals surface area (Å²) < 4.78 is 46.8. The van der Waals surface area contributed by atoms with Gasteiger partial charge in [-0.05, 0) is 59.7 Å². The molecule has 0 saturated heterocycles. The Morgan fingerprint density at radius 3 is 2.36 bits per heavy atom. The Morgan fingerprint density at radius 1 is 0.788 bits per heavy atom. The summed E-state index contributed by atoms with van der Waals surface area (Å²) in [5, 5.41) is 0.718. The normalized spacial score (nSPS) is 10.8. The van der Waals surface area contributed by atoms with Crippen molar-refractivity contribution in [2.24, 2.45) is 0 Å². The number of ether oxygens (including phenoxy) is 1. The molecule has 4 aromatic rings. The van der Waals surface area contributed by atoms with Gasteiger partial charge in [-0.25, -0.2) is 23.1 Å². The fraction of sp³-hybridized carbons (Fsp3) is 0.185. The van der Waals surface area contributed by atoms with E-state index in [2.05, 4.69) is 21.8 Å². The van der Waals surface area contributed by atoms with Gasteiger partial charge in [0.25, 0.3) is 0 Å². The maximum Gasteiger partial charge on any atom is 0.166 e. The summed E-state index contributed by atoms with van der Waals surface area (Å²) in [5.41, 5.74) is 2.69. The molecule has 0 atom stereocenters. The molecule has 6 heteroatoms. The number of hydrogen-bond donors (Lipinski definition) is 0. The van der Waals surface area contributed by atoms with Crippen molar-refractivity contribution in [3.8, 4) is 11.8 Å². The van der Waals surface area contributed by atoms with Gasteiger partial charge in [0.05, 0.1) is 12.2 Å². The minimum absolute atomic E-state index is 0.185. The lowest BCUT2D eigenvalue weighted by atomic mass is 10.0. The Morgan fingerprint density at radius 2 is 1.61 bits per heavy atom. The average Bonchev–Trinajstić information content (AvgIpc) is 2.84. The van der Waals surface area contributed by atoms with Crippen molar-refractivity contribution in [1.82, 2.24) is 9.97 Å². The lowest BCUT2D eigenvalue weighted by molar-refractivity contribution is 0.202. The summed E-state index contributed by atoms with van der Waals surface area (Å²) in [7, 11) is 1.65. The summed E-state index contributed by atoms with van der Waals surface area (Å²) in [6.45, 7) is 0.622. The van der Waals surface area contributed by atoms with Gasteiger partial charge < -0.3 is 4.74 Å². The first-order valence-electron chi connectivity index (χ1n) is 10.5. The van der Waals surface area contributed by atoms with Crippen molar-refractivity contribution in [2.45, 2.75) is 19.3 Å². The molecule has 0 aliphatic rings. The zero-order valence-electron chi connectivity index (χ0n) is 18.0. The van der Waals surface area contributed by atoms with Crippen molar-refractivity contribution < 1.29 is 17.9 Å². The zero-order chi connectivity index (χ0) is 23.2. The minimum Gasteiger partial charge on any atom is -0.384 e. The molecule has 0 radical (unpaired) electrons. The van der Waals surface area contributed by atoms with Gasteiger partial charge in [-0.3, -0.25) is 0 Å². The second-order valence-electron chi connectivity index (χ2n) is 7.61. The molecule has 166 valence electrons. The first kappa shape index (κ1) is 22.5. The number of benzene rings is 3. The highest BCUT2D eigenvalue weighted by atomic mass is 19.2. The van der Waals surface area contributed by atoms with Gasteiger partial charge in [0.1, 0.15) is 11.6 Å². The van der Waals surface area contributed by atoms with E-state index in [0.717, 1.165) is 23.6 Å². The summed E-state index contributed by atoms with van der Waals surface area (Å²) in [4.78, 5) is 8.71. The molecule has 33 heavy (non-hydrogen) atoms. The van der Waals surface area contributed by atoms with Crippen LogP contribution in [0.15, 0.2) is 60.9 Å². The third-order valence-corrected chi connectivity index (χ3v) is 5.27. The van der Waals surface area contributed by atoms with Gasteiger partial charge in [0.15, 0.2) is 11.6 Å². The maximum absolute atomic E-state index is 14.6. The van der Waals surface area contributed by atoms with Crippen LogP contribution in [-0.2, 0) is 24.0 Å². The van der Waals surface area contributed by atoms with Crippen molar-refractivity contribution in [1.29, 1.82) is 0 Å². The first-order valence-corrected chi connectivity index (χ1v) is 10.5. The zero-order valence-corrected chi connectivity index (χ0v) is 18.0. The monoisotopic (exact) mass is 446 g/mol. The third-order valence-electron chi connectivity index (χ3n) is 5.27. The molecule has 0 spiro atoms. The Kier molecular flexibility index (Phi) is 7.01. The van der Waals surface area contributed by atoms with Crippen molar-refractivity contribution in [2.75, 3.05) is 13.7 Å². The van der Waals surface area contributed by atoms with E-state index >= 15 is 0 Å². The van der Waals surface area contributed by atoms with Crippen LogP contribution in [0.2, 0.25) is 0 Å². The Hall–Kier alpha value is -3.69. The summed E-state index contributed by atoms with van der Waals surface area (Å²) in [5.74, 6) is 4.21. The van der Waals surface area contributed by atoms with E-state index in [4.69, 9.17) is 4.74 Å². The van der Waals surface area contributed by atoms with Crippen LogP contribution in [0.5, 0.6) is 0 Å². The number of rotatable bonds is 6. The van der Waals surface area contributed by atoms with E-state index in [9.17, 15) is 13.2 Å². The SMILES string of the molecule is COCCc1cnc(CCc2ccc(C#Cc3ccc4c(F)c(F)ccc4c3)c(F)c2)nc1. The number of methoxy groups -OCH3 is 1. The smallest absolute Gasteiger partial charge is 0.166 e. The quantitative estimate of drug-likeness (QED) is 0.371. The summed E-state index contributed by atoms with van der Waals surface area (Å²) in [6.07, 6.45) is 5.55. The maximum atomic E-state index is 14.6. The molecule has 3 aromatic carbocycles. The molecule has 1 aromatic heterocycles. The van der Waals surface area contributed by atoms with Crippen LogP contribution in [-0.4, -0.2) is 23.7 Å². The Bertz CT molecular complexity index is 1340. The number of nitrogens with zero attached hydrogens (tertiary/aromatic N) is 2. The lowest BCUT2D eigenvalue weighted by Gasteiger charge is -2.04. The Balaban J connectivity index is 1.42. The van der Waals surface area contributed by atoms with Gasteiger partial charge in [-0.1, -0.05) is 30.0 Å². The second-order valence-corrected chi connectivity index (χ2v) is 7.61. The molecule has 0 N–H and O–H groups in total. The van der Waals surface area contributed by atoms with E-state index in [-0.39, 0.29) is 10.9 Å². The molecule has 3 nitrogen and oxygen atoms in total. The largest absolute Gasteiger partial charge is 0.384 e. The molecule has 1 heterocycles. The van der Waals surface area contributed by atoms with Crippen LogP contribution in [0.3, 0.4) is 0 Å². The van der Waals surface area contributed by atoms with Gasteiger partial charge in [0, 0.05) is 36.9 Å². The molecule has 0 fully saturated rings. The lowest BCUT2D eigenvalue weighted by Crippen LogP contribution is -2.01. The number of aromatic nitrogens is 2. The number of halogens is 3. The van der Waals surface area contributed by atoms with E-state index < -0.39 is 17.5 Å². The molecule has 0 amide bonds. The standard InChI is InChI=1S/C27H21F3N2O/c1-33-13-12-20-16-31-26(32-17-20)11-5-19-3-7-21(25(29)15-19)6-2-18-4-9-23-22(14-18)8-10-24(28)27(23)30/h3-4,7-10,14-17H,5,11-13H2,1H3. The molecular formula is C27H21F3N2O. The molecule has 4 rings (SSSR count). The third kappa shape index (κ3) is 5.57. The topological polar surface area (TPSA) is 35.0 Å². The van der Waals surface area contributed by atoms with Gasteiger partial charge in [-0.2, -0.15) is 0 Å². The van der Waals surface area contributed by atoms with Gasteiger partial charge >= 0.3 is 0 Å². The van der Waals surface area contributed by atoms with Gasteiger partial charge in [-0.15, -0.1) is 0 Å². The molecule has 0 saturated carbocycles. The highest BCUT2D eigenvalue weighted by molar-refractivity contribution is 5.84. The highest BCUT2D eigenvalue weighted by Gasteiger charge is 2.07. The number of aryl methyl sites for hydroxylation is 2. The van der Waals surface area contributed by atoms with Crippen molar-refractivity contribution in [3.05, 3.63) is 106 Å².